The van der Waals surface area contributed by atoms with E-state index in [4.69, 9.17) is 4.99 Å². The molecule has 1 fully saturated rings. The second-order valence-electron chi connectivity index (χ2n) is 7.54. The van der Waals surface area contributed by atoms with Crippen LogP contribution in [0.4, 0.5) is 5.69 Å². The van der Waals surface area contributed by atoms with Crippen molar-refractivity contribution in [1.82, 2.24) is 20.0 Å². The molecule has 1 amide bonds. The number of aliphatic imine (C=N–C) groups is 1. The van der Waals surface area contributed by atoms with Gasteiger partial charge in [0.05, 0.1) is 11.9 Å². The molecule has 0 radical (unpaired) electrons. The second kappa shape index (κ2) is 10.3. The van der Waals surface area contributed by atoms with Gasteiger partial charge in [-0.15, -0.1) is 0 Å². The Balaban J connectivity index is 2.02. The van der Waals surface area contributed by atoms with Gasteiger partial charge in [0.15, 0.2) is 5.96 Å². The molecule has 0 spiro atoms. The normalized spacial score (nSPS) is 17.0. The number of hydrogen-bond donors (Lipinski definition) is 2. The van der Waals surface area contributed by atoms with Crippen molar-refractivity contribution in [2.75, 3.05) is 44.2 Å². The van der Waals surface area contributed by atoms with Crippen LogP contribution in [-0.4, -0.2) is 71.0 Å². The Morgan fingerprint density at radius 3 is 2.74 bits per heavy atom. The molecule has 0 bridgehead atoms. The van der Waals surface area contributed by atoms with Gasteiger partial charge in [0.1, 0.15) is 6.54 Å². The first-order valence-corrected chi connectivity index (χ1v) is 9.87. The fraction of sp³-hybridized carbons (Fsp3) is 0.737. The molecule has 0 saturated carbocycles. The van der Waals surface area contributed by atoms with Gasteiger partial charge in [0.2, 0.25) is 5.91 Å². The van der Waals surface area contributed by atoms with Crippen LogP contribution in [0.15, 0.2) is 17.4 Å². The molecule has 1 aliphatic rings. The van der Waals surface area contributed by atoms with Crippen molar-refractivity contribution in [3.05, 3.63) is 12.4 Å². The van der Waals surface area contributed by atoms with Gasteiger partial charge in [-0.05, 0) is 31.6 Å². The highest BCUT2D eigenvalue weighted by atomic mass is 16.3. The lowest BCUT2D eigenvalue weighted by molar-refractivity contribution is -0.120. The number of aryl methyl sites for hydroxylation is 1. The number of hydrogen-bond acceptors (Lipinski definition) is 4. The number of rotatable bonds is 8. The lowest BCUT2D eigenvalue weighted by Crippen LogP contribution is -2.55. The molecule has 1 aliphatic heterocycles. The van der Waals surface area contributed by atoms with E-state index in [1.165, 1.54) is 0 Å². The van der Waals surface area contributed by atoms with E-state index in [1.807, 2.05) is 25.1 Å². The second-order valence-corrected chi connectivity index (χ2v) is 7.54. The van der Waals surface area contributed by atoms with E-state index >= 15 is 0 Å². The largest absolute Gasteiger partial charge is 0.396 e. The van der Waals surface area contributed by atoms with Gasteiger partial charge in [-0.25, -0.2) is 0 Å². The predicted octanol–water partition coefficient (Wildman–Crippen LogP) is 1.08. The monoisotopic (exact) mass is 378 g/mol. The highest BCUT2D eigenvalue weighted by Crippen LogP contribution is 2.18. The van der Waals surface area contributed by atoms with Crippen LogP contribution in [0.5, 0.6) is 0 Å². The number of nitrogens with zero attached hydrogens (tertiary/aromatic N) is 5. The number of aliphatic hydroxyl groups is 1. The maximum Gasteiger partial charge on any atom is 0.246 e. The number of nitrogens with one attached hydrogen (secondary N) is 1. The van der Waals surface area contributed by atoms with Gasteiger partial charge in [-0.2, -0.15) is 5.10 Å². The molecule has 1 unspecified atom stereocenters. The van der Waals surface area contributed by atoms with Crippen molar-refractivity contribution < 1.29 is 9.90 Å². The minimum absolute atomic E-state index is 0.0499. The summed E-state index contributed by atoms with van der Waals surface area (Å²) >= 11 is 0. The summed E-state index contributed by atoms with van der Waals surface area (Å²) in [6.07, 6.45) is 5.38. The van der Waals surface area contributed by atoms with Gasteiger partial charge in [-0.1, -0.05) is 13.8 Å². The Hall–Kier alpha value is -2.09. The van der Waals surface area contributed by atoms with Crippen LogP contribution in [0.2, 0.25) is 0 Å². The number of aliphatic hydroxyl groups excluding tert-OH is 1. The number of piperazine rings is 1. The van der Waals surface area contributed by atoms with E-state index < -0.39 is 0 Å². The molecule has 27 heavy (non-hydrogen) atoms. The molecule has 1 aromatic rings. The topological polar surface area (TPSA) is 86.0 Å². The van der Waals surface area contributed by atoms with Crippen molar-refractivity contribution in [1.29, 1.82) is 0 Å². The summed E-state index contributed by atoms with van der Waals surface area (Å²) in [4.78, 5) is 21.2. The Morgan fingerprint density at radius 2 is 2.19 bits per heavy atom. The molecule has 2 heterocycles. The zero-order valence-corrected chi connectivity index (χ0v) is 17.1. The van der Waals surface area contributed by atoms with Crippen molar-refractivity contribution >= 4 is 17.6 Å². The van der Waals surface area contributed by atoms with Gasteiger partial charge >= 0.3 is 0 Å². The molecule has 0 aliphatic carbocycles. The number of amides is 1. The maximum atomic E-state index is 12.6. The van der Waals surface area contributed by atoms with E-state index in [-0.39, 0.29) is 12.5 Å². The van der Waals surface area contributed by atoms with Crippen LogP contribution in [0, 0.1) is 11.8 Å². The molecule has 2 N–H and O–H groups in total. The van der Waals surface area contributed by atoms with Crippen LogP contribution in [0.1, 0.15) is 33.6 Å². The predicted molar refractivity (Wildman–Crippen MR) is 108 cm³/mol. The number of aromatic nitrogens is 2. The van der Waals surface area contributed by atoms with Crippen LogP contribution in [0.3, 0.4) is 0 Å². The van der Waals surface area contributed by atoms with E-state index in [0.29, 0.717) is 31.5 Å². The zero-order chi connectivity index (χ0) is 19.8. The van der Waals surface area contributed by atoms with Crippen LogP contribution in [0.25, 0.3) is 0 Å². The van der Waals surface area contributed by atoms with Crippen molar-refractivity contribution in [2.45, 2.75) is 33.6 Å². The van der Waals surface area contributed by atoms with Crippen LogP contribution >= 0.6 is 0 Å². The molecule has 8 nitrogen and oxygen atoms in total. The SMILES string of the molecule is CCNC(=NCC(CCO)CC(C)C)N1CCN(c2cnn(C)c2)C(=O)C1. The minimum atomic E-state index is 0.0499. The Kier molecular flexibility index (Phi) is 8.09. The lowest BCUT2D eigenvalue weighted by atomic mass is 9.94. The van der Waals surface area contributed by atoms with Crippen LogP contribution in [-0.2, 0) is 11.8 Å². The number of carbonyl (C=O) groups excluding carboxylic acids is 1. The van der Waals surface area contributed by atoms with Crippen LogP contribution < -0.4 is 10.2 Å². The third kappa shape index (κ3) is 6.23. The Morgan fingerprint density at radius 1 is 1.41 bits per heavy atom. The number of guanidine groups is 1. The van der Waals surface area contributed by atoms with Gasteiger partial charge in [0.25, 0.3) is 0 Å². The quantitative estimate of drug-likeness (QED) is 0.522. The van der Waals surface area contributed by atoms with Crippen molar-refractivity contribution in [2.24, 2.45) is 23.9 Å². The van der Waals surface area contributed by atoms with E-state index in [1.54, 1.807) is 15.8 Å². The summed E-state index contributed by atoms with van der Waals surface area (Å²) in [5.74, 6) is 1.76. The smallest absolute Gasteiger partial charge is 0.246 e. The first-order valence-electron chi connectivity index (χ1n) is 9.87. The molecular weight excluding hydrogens is 344 g/mol. The molecule has 1 atom stereocenters. The summed E-state index contributed by atoms with van der Waals surface area (Å²) < 4.78 is 1.70. The highest BCUT2D eigenvalue weighted by molar-refractivity contribution is 5.98. The average molecular weight is 379 g/mol. The summed E-state index contributed by atoms with van der Waals surface area (Å²) in [5, 5.41) is 16.8. The standard InChI is InChI=1S/C19H34N6O2/c1-5-20-19(21-11-16(6-9-26)10-15(2)3)24-7-8-25(18(27)14-24)17-12-22-23(4)13-17/h12-13,15-16,26H,5-11,14H2,1-4H3,(H,20,21). The van der Waals surface area contributed by atoms with Gasteiger partial charge in [-0.3, -0.25) is 14.5 Å². The molecule has 0 aromatic carbocycles. The molecule has 152 valence electrons. The fourth-order valence-corrected chi connectivity index (χ4v) is 3.45. The number of anilines is 1. The zero-order valence-electron chi connectivity index (χ0n) is 17.1. The van der Waals surface area contributed by atoms with Crippen molar-refractivity contribution in [3.63, 3.8) is 0 Å². The number of carbonyl (C=O) groups is 1. The third-order valence-corrected chi connectivity index (χ3v) is 4.70. The minimum Gasteiger partial charge on any atom is -0.396 e. The van der Waals surface area contributed by atoms with E-state index in [2.05, 4.69) is 24.3 Å². The average Bonchev–Trinajstić information content (AvgIpc) is 3.04. The molecule has 8 heteroatoms. The Bertz CT molecular complexity index is 627. The fourth-order valence-electron chi connectivity index (χ4n) is 3.45. The summed E-state index contributed by atoms with van der Waals surface area (Å²) in [7, 11) is 1.85. The highest BCUT2D eigenvalue weighted by Gasteiger charge is 2.27. The van der Waals surface area contributed by atoms with E-state index in [0.717, 1.165) is 37.6 Å². The first-order chi connectivity index (χ1) is 12.9. The molecular formula is C19H34N6O2. The molecule has 1 saturated heterocycles. The van der Waals surface area contributed by atoms with Gasteiger partial charge in [0, 0.05) is 46.0 Å². The Labute approximate surface area is 162 Å². The van der Waals surface area contributed by atoms with Gasteiger partial charge < -0.3 is 20.2 Å². The maximum absolute atomic E-state index is 12.6. The van der Waals surface area contributed by atoms with E-state index in [9.17, 15) is 9.90 Å². The summed E-state index contributed by atoms with van der Waals surface area (Å²) in [5.41, 5.74) is 0.837. The summed E-state index contributed by atoms with van der Waals surface area (Å²) in [6, 6.07) is 0. The molecule has 2 rings (SSSR count). The third-order valence-electron chi connectivity index (χ3n) is 4.70. The van der Waals surface area contributed by atoms with Crippen molar-refractivity contribution in [3.8, 4) is 0 Å². The first kappa shape index (κ1) is 21.2. The lowest BCUT2D eigenvalue weighted by Gasteiger charge is -2.35. The summed E-state index contributed by atoms with van der Waals surface area (Å²) in [6.45, 7) is 9.65. The molecule has 1 aromatic heterocycles.